The van der Waals surface area contributed by atoms with E-state index in [9.17, 15) is 19.1 Å². The highest BCUT2D eigenvalue weighted by Crippen LogP contribution is 2.19. The molecule has 2 unspecified atom stereocenters. The number of aliphatic hydroxyl groups is 1. The first-order chi connectivity index (χ1) is 10.8. The van der Waals surface area contributed by atoms with Crippen molar-refractivity contribution >= 4 is 41.1 Å². The number of amides is 2. The predicted octanol–water partition coefficient (Wildman–Crippen LogP) is 1.87. The summed E-state index contributed by atoms with van der Waals surface area (Å²) in [7, 11) is 0. The molecule has 0 aliphatic carbocycles. The van der Waals surface area contributed by atoms with Crippen LogP contribution in [0, 0.1) is 0 Å². The smallest absolute Gasteiger partial charge is 0.253 e. The Morgan fingerprint density at radius 2 is 1.91 bits per heavy atom. The number of aliphatic hydroxyl groups excluding tert-OH is 1. The molecule has 0 bridgehead atoms. The number of benzene rings is 1. The molecular formula is C15H17Cl2FN2O3. The van der Waals surface area contributed by atoms with Crippen LogP contribution in [0.15, 0.2) is 29.8 Å². The van der Waals surface area contributed by atoms with Gasteiger partial charge in [-0.25, -0.2) is 4.39 Å². The number of nitrogens with two attached hydrogens (primary N) is 1. The fourth-order valence-corrected chi connectivity index (χ4v) is 1.92. The van der Waals surface area contributed by atoms with Gasteiger partial charge in [0.05, 0.1) is 6.04 Å². The van der Waals surface area contributed by atoms with Gasteiger partial charge in [-0.15, -0.1) is 0 Å². The van der Waals surface area contributed by atoms with Crippen molar-refractivity contribution in [2.24, 2.45) is 5.73 Å². The summed E-state index contributed by atoms with van der Waals surface area (Å²) in [6.07, 6.45) is 0.310. The molecule has 0 aliphatic rings. The number of alkyl halides is 3. The average molecular weight is 363 g/mol. The van der Waals surface area contributed by atoms with E-state index in [1.165, 1.54) is 0 Å². The Hall–Kier alpha value is -1.63. The molecule has 0 saturated heterocycles. The molecule has 0 fully saturated rings. The van der Waals surface area contributed by atoms with Crippen molar-refractivity contribution in [3.8, 4) is 0 Å². The Labute approximate surface area is 143 Å². The van der Waals surface area contributed by atoms with E-state index in [4.69, 9.17) is 28.9 Å². The molecule has 0 saturated carbocycles. The van der Waals surface area contributed by atoms with Gasteiger partial charge in [-0.05, 0) is 24.1 Å². The lowest BCUT2D eigenvalue weighted by molar-refractivity contribution is -0.121. The number of nitrogens with one attached hydrogen (secondary N) is 1. The monoisotopic (exact) mass is 362 g/mol. The standard InChI is InChI=1S/C15H17Cl2FN2O3/c1-8(14(19)22)6-9-2-4-10(5-3-9)12(21)11(7-18)20-15(23)13(16)17/h2-6,11-13,21H,7H2,1H3,(H2,19,22)(H,20,23). The summed E-state index contributed by atoms with van der Waals surface area (Å²) in [6.45, 7) is 0.588. The van der Waals surface area contributed by atoms with Gasteiger partial charge in [-0.2, -0.15) is 0 Å². The van der Waals surface area contributed by atoms with Crippen LogP contribution in [0.3, 0.4) is 0 Å². The highest BCUT2D eigenvalue weighted by Gasteiger charge is 2.25. The second-order valence-electron chi connectivity index (χ2n) is 4.87. The number of hydrogen-bond acceptors (Lipinski definition) is 3. The summed E-state index contributed by atoms with van der Waals surface area (Å²) in [4.78, 5) is 21.0. The summed E-state index contributed by atoms with van der Waals surface area (Å²) in [5.74, 6) is -1.32. The Balaban J connectivity index is 2.87. The van der Waals surface area contributed by atoms with Gasteiger partial charge >= 0.3 is 0 Å². The SMILES string of the molecule is CC(=Cc1ccc(C(O)C(CF)NC(=O)C(Cl)Cl)cc1)C(N)=O. The quantitative estimate of drug-likeness (QED) is 0.510. The summed E-state index contributed by atoms with van der Waals surface area (Å²) < 4.78 is 13.0. The molecular weight excluding hydrogens is 346 g/mol. The van der Waals surface area contributed by atoms with Crippen LogP contribution in [0.4, 0.5) is 4.39 Å². The van der Waals surface area contributed by atoms with Crippen LogP contribution in [-0.2, 0) is 9.59 Å². The molecule has 0 heterocycles. The number of rotatable bonds is 7. The molecule has 0 spiro atoms. The molecule has 1 aromatic rings. The van der Waals surface area contributed by atoms with Crippen molar-refractivity contribution in [1.82, 2.24) is 5.32 Å². The summed E-state index contributed by atoms with van der Waals surface area (Å²) in [5.41, 5.74) is 6.60. The maximum absolute atomic E-state index is 13.0. The second-order valence-corrected chi connectivity index (χ2v) is 5.97. The maximum Gasteiger partial charge on any atom is 0.253 e. The van der Waals surface area contributed by atoms with Crippen LogP contribution in [0.2, 0.25) is 0 Å². The minimum atomic E-state index is -1.35. The first-order valence-electron chi connectivity index (χ1n) is 6.67. The number of carbonyl (C=O) groups excluding carboxylic acids is 2. The summed E-state index contributed by atoms with van der Waals surface area (Å²) in [5, 5.41) is 12.4. The van der Waals surface area contributed by atoms with Gasteiger partial charge in [0, 0.05) is 5.57 Å². The largest absolute Gasteiger partial charge is 0.386 e. The van der Waals surface area contributed by atoms with E-state index < -0.39 is 35.5 Å². The van der Waals surface area contributed by atoms with Gasteiger partial charge in [0.1, 0.15) is 12.8 Å². The first-order valence-corrected chi connectivity index (χ1v) is 7.54. The van der Waals surface area contributed by atoms with E-state index in [0.29, 0.717) is 16.7 Å². The zero-order chi connectivity index (χ0) is 17.6. The lowest BCUT2D eigenvalue weighted by Gasteiger charge is -2.22. The molecule has 5 nitrogen and oxygen atoms in total. The molecule has 126 valence electrons. The molecule has 0 aliphatic heterocycles. The molecule has 0 radical (unpaired) electrons. The van der Waals surface area contributed by atoms with Crippen molar-refractivity contribution in [2.75, 3.05) is 6.67 Å². The first kappa shape index (κ1) is 19.4. The van der Waals surface area contributed by atoms with Crippen LogP contribution >= 0.6 is 23.2 Å². The predicted molar refractivity (Wildman–Crippen MR) is 87.6 cm³/mol. The summed E-state index contributed by atoms with van der Waals surface area (Å²) in [6, 6.07) is 5.20. The van der Waals surface area contributed by atoms with Crippen LogP contribution in [-0.4, -0.2) is 34.5 Å². The van der Waals surface area contributed by atoms with Gasteiger partial charge in [0.15, 0.2) is 4.84 Å². The van der Waals surface area contributed by atoms with Crippen LogP contribution in [0.5, 0.6) is 0 Å². The van der Waals surface area contributed by atoms with Crippen molar-refractivity contribution in [2.45, 2.75) is 23.9 Å². The van der Waals surface area contributed by atoms with Crippen molar-refractivity contribution in [3.63, 3.8) is 0 Å². The fourth-order valence-electron chi connectivity index (χ4n) is 1.79. The van der Waals surface area contributed by atoms with Crippen molar-refractivity contribution in [1.29, 1.82) is 0 Å². The van der Waals surface area contributed by atoms with Gasteiger partial charge < -0.3 is 16.2 Å². The molecule has 4 N–H and O–H groups in total. The molecule has 23 heavy (non-hydrogen) atoms. The Morgan fingerprint density at radius 3 is 2.35 bits per heavy atom. The van der Waals surface area contributed by atoms with E-state index in [1.807, 2.05) is 0 Å². The Morgan fingerprint density at radius 1 is 1.35 bits per heavy atom. The van der Waals surface area contributed by atoms with E-state index >= 15 is 0 Å². The van der Waals surface area contributed by atoms with Gasteiger partial charge in [0.2, 0.25) is 5.91 Å². The van der Waals surface area contributed by atoms with E-state index in [0.717, 1.165) is 0 Å². The second kappa shape index (κ2) is 8.86. The minimum absolute atomic E-state index is 0.377. The van der Waals surface area contributed by atoms with Crippen LogP contribution in [0.25, 0.3) is 6.08 Å². The average Bonchev–Trinajstić information content (AvgIpc) is 2.52. The van der Waals surface area contributed by atoms with Gasteiger partial charge in [-0.1, -0.05) is 47.5 Å². The van der Waals surface area contributed by atoms with E-state index in [2.05, 4.69) is 5.32 Å². The maximum atomic E-state index is 13.0. The van der Waals surface area contributed by atoms with Gasteiger partial charge in [-0.3, -0.25) is 9.59 Å². The third kappa shape index (κ3) is 5.82. The fraction of sp³-hybridized carbons (Fsp3) is 0.333. The Bertz CT molecular complexity index is 591. The molecule has 2 atom stereocenters. The topological polar surface area (TPSA) is 92.4 Å². The Kier molecular flexibility index (Phi) is 7.48. The van der Waals surface area contributed by atoms with Gasteiger partial charge in [0.25, 0.3) is 5.91 Å². The highest BCUT2D eigenvalue weighted by molar-refractivity contribution is 6.53. The third-order valence-corrected chi connectivity index (χ3v) is 3.52. The molecule has 0 aromatic heterocycles. The highest BCUT2D eigenvalue weighted by atomic mass is 35.5. The van der Waals surface area contributed by atoms with Crippen LogP contribution < -0.4 is 11.1 Å². The number of halogens is 3. The zero-order valence-corrected chi connectivity index (χ0v) is 13.8. The number of carbonyl (C=O) groups is 2. The van der Waals surface area contributed by atoms with E-state index in [1.54, 1.807) is 37.3 Å². The zero-order valence-electron chi connectivity index (χ0n) is 12.3. The lowest BCUT2D eigenvalue weighted by atomic mass is 10.0. The molecule has 1 aromatic carbocycles. The molecule has 2 amide bonds. The van der Waals surface area contributed by atoms with Crippen molar-refractivity contribution in [3.05, 3.63) is 41.0 Å². The molecule has 8 heteroatoms. The van der Waals surface area contributed by atoms with Crippen LogP contribution in [0.1, 0.15) is 24.2 Å². The number of primary amides is 1. The minimum Gasteiger partial charge on any atom is -0.386 e. The third-order valence-electron chi connectivity index (χ3n) is 3.12. The van der Waals surface area contributed by atoms with E-state index in [-0.39, 0.29) is 0 Å². The number of hydrogen-bond donors (Lipinski definition) is 3. The molecule has 1 rings (SSSR count). The lowest BCUT2D eigenvalue weighted by Crippen LogP contribution is -2.43. The summed E-state index contributed by atoms with van der Waals surface area (Å²) >= 11 is 10.8. The normalized spacial score (nSPS) is 14.4. The van der Waals surface area contributed by atoms with Crippen molar-refractivity contribution < 1.29 is 19.1 Å².